The van der Waals surface area contributed by atoms with Gasteiger partial charge < -0.3 is 0 Å². The van der Waals surface area contributed by atoms with Gasteiger partial charge in [-0.25, -0.2) is 9.97 Å². The quantitative estimate of drug-likeness (QED) is 0.628. The van der Waals surface area contributed by atoms with Crippen LogP contribution in [0.3, 0.4) is 0 Å². The van der Waals surface area contributed by atoms with Gasteiger partial charge in [0.15, 0.2) is 0 Å². The number of hydrogen-bond donors (Lipinski definition) is 0. The molecule has 3 rings (SSSR count). The molecule has 3 aromatic rings. The Hall–Kier alpha value is -2.00. The molecule has 0 bridgehead atoms. The van der Waals surface area contributed by atoms with E-state index in [0.29, 0.717) is 11.0 Å². The van der Waals surface area contributed by atoms with Crippen LogP contribution in [0.2, 0.25) is 5.15 Å². The normalized spacial score (nSPS) is 10.9. The van der Waals surface area contributed by atoms with Crippen LogP contribution >= 0.6 is 11.6 Å². The average Bonchev–Trinajstić information content (AvgIpc) is 2.42. The summed E-state index contributed by atoms with van der Waals surface area (Å²) in [5.74, 6) is 0.673. The average molecular weight is 270 g/mol. The number of pyridine rings is 1. The van der Waals surface area contributed by atoms with Crippen molar-refractivity contribution in [1.82, 2.24) is 15.0 Å². The van der Waals surface area contributed by atoms with Gasteiger partial charge in [-0.2, -0.15) is 0 Å². The highest BCUT2D eigenvalue weighted by Gasteiger charge is 2.10. The predicted octanol–water partition coefficient (Wildman–Crippen LogP) is 3.96. The van der Waals surface area contributed by atoms with Gasteiger partial charge in [-0.1, -0.05) is 29.8 Å². The summed E-state index contributed by atoms with van der Waals surface area (Å²) in [6.07, 6.45) is 1.79. The summed E-state index contributed by atoms with van der Waals surface area (Å²) in [5, 5.41) is 1.62. The van der Waals surface area contributed by atoms with Crippen molar-refractivity contribution in [1.29, 1.82) is 0 Å². The molecule has 0 unspecified atom stereocenters. The van der Waals surface area contributed by atoms with Crippen LogP contribution in [0.25, 0.3) is 22.2 Å². The van der Waals surface area contributed by atoms with Gasteiger partial charge in [0.05, 0.1) is 11.2 Å². The van der Waals surface area contributed by atoms with Gasteiger partial charge in [0.2, 0.25) is 0 Å². The number of aromatic nitrogens is 3. The lowest BCUT2D eigenvalue weighted by Crippen LogP contribution is -1.96. The van der Waals surface area contributed by atoms with E-state index in [1.807, 2.05) is 44.2 Å². The number of halogens is 1. The van der Waals surface area contributed by atoms with E-state index in [9.17, 15) is 0 Å². The number of nitrogens with zero attached hydrogens (tertiary/aromatic N) is 3. The van der Waals surface area contributed by atoms with Crippen LogP contribution in [0.4, 0.5) is 0 Å². The van der Waals surface area contributed by atoms with Crippen LogP contribution < -0.4 is 0 Å². The fraction of sp³-hybridized carbons (Fsp3) is 0.133. The summed E-state index contributed by atoms with van der Waals surface area (Å²) in [4.78, 5) is 13.0. The summed E-state index contributed by atoms with van der Waals surface area (Å²) in [6.45, 7) is 3.77. The molecule has 0 aliphatic heterocycles. The fourth-order valence-corrected chi connectivity index (χ4v) is 2.30. The molecule has 2 aromatic heterocycles. The number of benzene rings is 1. The molecular weight excluding hydrogens is 258 g/mol. The molecule has 0 atom stereocenters. The van der Waals surface area contributed by atoms with Crippen LogP contribution in [0.1, 0.15) is 11.4 Å². The Balaban J connectivity index is 2.24. The van der Waals surface area contributed by atoms with Crippen molar-refractivity contribution in [2.75, 3.05) is 0 Å². The minimum Gasteiger partial charge on any atom is -0.256 e. The summed E-state index contributed by atoms with van der Waals surface area (Å²) in [6, 6.07) is 10.1. The molecule has 0 saturated carbocycles. The second-order valence-electron chi connectivity index (χ2n) is 4.45. The third-order valence-corrected chi connectivity index (χ3v) is 3.45. The summed E-state index contributed by atoms with van der Waals surface area (Å²) in [7, 11) is 0. The van der Waals surface area contributed by atoms with E-state index in [2.05, 4.69) is 15.0 Å². The van der Waals surface area contributed by atoms with Gasteiger partial charge in [0.1, 0.15) is 11.0 Å². The highest BCUT2D eigenvalue weighted by atomic mass is 35.5. The number of hydrogen-bond acceptors (Lipinski definition) is 3. The van der Waals surface area contributed by atoms with E-state index < -0.39 is 0 Å². The molecule has 0 saturated heterocycles. The molecular formula is C15H12ClN3. The molecule has 0 amide bonds. The maximum atomic E-state index is 6.12. The number of aryl methyl sites for hydroxylation is 1. The monoisotopic (exact) mass is 269 g/mol. The molecule has 1 aromatic carbocycles. The Kier molecular flexibility index (Phi) is 2.91. The van der Waals surface area contributed by atoms with E-state index >= 15 is 0 Å². The lowest BCUT2D eigenvalue weighted by atomic mass is 10.1. The van der Waals surface area contributed by atoms with Crippen molar-refractivity contribution in [3.05, 3.63) is 53.1 Å². The van der Waals surface area contributed by atoms with E-state index in [1.165, 1.54) is 0 Å². The van der Waals surface area contributed by atoms with Crippen LogP contribution in [0.15, 0.2) is 36.5 Å². The first-order valence-electron chi connectivity index (χ1n) is 6.01. The molecule has 94 valence electrons. The minimum atomic E-state index is 0.503. The zero-order valence-corrected chi connectivity index (χ0v) is 11.4. The van der Waals surface area contributed by atoms with Crippen molar-refractivity contribution >= 4 is 22.5 Å². The molecule has 0 spiro atoms. The Morgan fingerprint density at radius 3 is 2.74 bits per heavy atom. The van der Waals surface area contributed by atoms with Crippen molar-refractivity contribution < 1.29 is 0 Å². The van der Waals surface area contributed by atoms with Crippen molar-refractivity contribution in [3.63, 3.8) is 0 Å². The lowest BCUT2D eigenvalue weighted by molar-refractivity contribution is 1.04. The highest BCUT2D eigenvalue weighted by molar-refractivity contribution is 6.30. The summed E-state index contributed by atoms with van der Waals surface area (Å²) in [5.41, 5.74) is 3.72. The van der Waals surface area contributed by atoms with Gasteiger partial charge in [-0.3, -0.25) is 4.98 Å². The zero-order chi connectivity index (χ0) is 13.4. The smallest absolute Gasteiger partial charge is 0.136 e. The number of fused-ring (bicyclic) bond motifs is 1. The van der Waals surface area contributed by atoms with Gasteiger partial charge >= 0.3 is 0 Å². The van der Waals surface area contributed by atoms with Crippen LogP contribution in [-0.2, 0) is 0 Å². The Morgan fingerprint density at radius 1 is 1.05 bits per heavy atom. The van der Waals surface area contributed by atoms with Crippen LogP contribution in [-0.4, -0.2) is 15.0 Å². The fourth-order valence-electron chi connectivity index (χ4n) is 2.09. The number of rotatable bonds is 1. The second kappa shape index (κ2) is 4.59. The second-order valence-corrected chi connectivity index (χ2v) is 4.80. The van der Waals surface area contributed by atoms with E-state index in [0.717, 1.165) is 27.7 Å². The molecule has 4 heteroatoms. The summed E-state index contributed by atoms with van der Waals surface area (Å²) >= 11 is 6.12. The maximum Gasteiger partial charge on any atom is 0.136 e. The van der Waals surface area contributed by atoms with Gasteiger partial charge in [-0.15, -0.1) is 0 Å². The Bertz CT molecular complexity index is 768. The SMILES string of the molecule is Cc1nc(Cl)c(C)c(-c2ccc3cccnc3c2)n1. The van der Waals surface area contributed by atoms with E-state index in [-0.39, 0.29) is 0 Å². The maximum absolute atomic E-state index is 6.12. The van der Waals surface area contributed by atoms with Crippen molar-refractivity contribution in [2.45, 2.75) is 13.8 Å². The first-order valence-corrected chi connectivity index (χ1v) is 6.39. The standard InChI is InChI=1S/C15H12ClN3/c1-9-14(18-10(2)19-15(9)16)12-6-5-11-4-3-7-17-13(11)8-12/h3-8H,1-2H3. The Labute approximate surface area is 116 Å². The van der Waals surface area contributed by atoms with Gasteiger partial charge in [-0.05, 0) is 26.0 Å². The molecule has 0 N–H and O–H groups in total. The van der Waals surface area contributed by atoms with Crippen molar-refractivity contribution in [2.24, 2.45) is 0 Å². The Morgan fingerprint density at radius 2 is 1.89 bits per heavy atom. The van der Waals surface area contributed by atoms with Crippen molar-refractivity contribution in [3.8, 4) is 11.3 Å². The zero-order valence-electron chi connectivity index (χ0n) is 10.7. The first-order chi connectivity index (χ1) is 9.15. The first kappa shape index (κ1) is 12.1. The molecule has 2 heterocycles. The molecule has 3 nitrogen and oxygen atoms in total. The molecule has 0 aliphatic rings. The molecule has 19 heavy (non-hydrogen) atoms. The highest BCUT2D eigenvalue weighted by Crippen LogP contribution is 2.27. The van der Waals surface area contributed by atoms with Crippen LogP contribution in [0.5, 0.6) is 0 Å². The van der Waals surface area contributed by atoms with Gasteiger partial charge in [0.25, 0.3) is 0 Å². The van der Waals surface area contributed by atoms with E-state index in [1.54, 1.807) is 6.20 Å². The third kappa shape index (κ3) is 2.17. The topological polar surface area (TPSA) is 38.7 Å². The molecule has 0 fully saturated rings. The minimum absolute atomic E-state index is 0.503. The third-order valence-electron chi connectivity index (χ3n) is 3.08. The largest absolute Gasteiger partial charge is 0.256 e. The van der Waals surface area contributed by atoms with E-state index in [4.69, 9.17) is 11.6 Å². The van der Waals surface area contributed by atoms with Gasteiger partial charge in [0, 0.05) is 22.7 Å². The lowest BCUT2D eigenvalue weighted by Gasteiger charge is -2.08. The predicted molar refractivity (Wildman–Crippen MR) is 77.3 cm³/mol. The van der Waals surface area contributed by atoms with Crippen LogP contribution in [0, 0.1) is 13.8 Å². The summed E-state index contributed by atoms with van der Waals surface area (Å²) < 4.78 is 0. The molecule has 0 aliphatic carbocycles. The molecule has 0 radical (unpaired) electrons.